The van der Waals surface area contributed by atoms with Crippen LogP contribution in [-0.4, -0.2) is 27.8 Å². The standard InChI is InChI=1S/C22H26N4O.ClH/c1-16-9-11-18(12-10-16)20-19(21(27)24-15-22(2,3)23)14-26(25-20)13-17-7-5-4-6-8-17;/h4-12,14H,13,15,23H2,1-3H3,(H,24,27);1H. The zero-order chi connectivity index (χ0) is 19.4. The quantitative estimate of drug-likeness (QED) is 0.663. The minimum absolute atomic E-state index is 0. The lowest BCUT2D eigenvalue weighted by atomic mass is 10.0. The predicted octanol–water partition coefficient (Wildman–Crippen LogP) is 3.80. The lowest BCUT2D eigenvalue weighted by molar-refractivity contribution is 0.0946. The summed E-state index contributed by atoms with van der Waals surface area (Å²) in [5, 5.41) is 7.62. The maximum Gasteiger partial charge on any atom is 0.255 e. The average Bonchev–Trinajstić information content (AvgIpc) is 3.04. The van der Waals surface area contributed by atoms with Gasteiger partial charge < -0.3 is 11.1 Å². The summed E-state index contributed by atoms with van der Waals surface area (Å²) in [5.74, 6) is -0.164. The summed E-state index contributed by atoms with van der Waals surface area (Å²) >= 11 is 0. The van der Waals surface area contributed by atoms with Crippen LogP contribution >= 0.6 is 12.4 Å². The van der Waals surface area contributed by atoms with E-state index in [1.165, 1.54) is 5.56 Å². The number of nitrogens with one attached hydrogen (secondary N) is 1. The van der Waals surface area contributed by atoms with Gasteiger partial charge in [-0.15, -0.1) is 12.4 Å². The van der Waals surface area contributed by atoms with Gasteiger partial charge in [-0.2, -0.15) is 5.10 Å². The number of rotatable bonds is 6. The van der Waals surface area contributed by atoms with E-state index in [1.807, 2.05) is 80.1 Å². The van der Waals surface area contributed by atoms with E-state index < -0.39 is 5.54 Å². The van der Waals surface area contributed by atoms with Gasteiger partial charge in [0.2, 0.25) is 0 Å². The van der Waals surface area contributed by atoms with E-state index in [0.29, 0.717) is 24.3 Å². The van der Waals surface area contributed by atoms with Crippen LogP contribution in [-0.2, 0) is 6.54 Å². The van der Waals surface area contributed by atoms with Crippen molar-refractivity contribution in [2.45, 2.75) is 32.9 Å². The Morgan fingerprint density at radius 1 is 1.11 bits per heavy atom. The normalized spacial score (nSPS) is 11.0. The molecule has 1 amide bonds. The summed E-state index contributed by atoms with van der Waals surface area (Å²) in [6.45, 7) is 6.80. The van der Waals surface area contributed by atoms with Crippen molar-refractivity contribution in [3.8, 4) is 11.3 Å². The first-order chi connectivity index (χ1) is 12.8. The zero-order valence-corrected chi connectivity index (χ0v) is 17.3. The third kappa shape index (κ3) is 5.68. The molecule has 3 aromatic rings. The molecule has 0 aliphatic heterocycles. The first-order valence-electron chi connectivity index (χ1n) is 9.07. The third-order valence-corrected chi connectivity index (χ3v) is 4.22. The lowest BCUT2D eigenvalue weighted by Gasteiger charge is -2.18. The molecule has 0 aliphatic carbocycles. The van der Waals surface area contributed by atoms with Gasteiger partial charge >= 0.3 is 0 Å². The van der Waals surface area contributed by atoms with E-state index in [9.17, 15) is 4.79 Å². The monoisotopic (exact) mass is 398 g/mol. The van der Waals surface area contributed by atoms with E-state index in [1.54, 1.807) is 6.20 Å². The van der Waals surface area contributed by atoms with Crippen LogP contribution in [0.5, 0.6) is 0 Å². The van der Waals surface area contributed by atoms with Crippen molar-refractivity contribution in [1.29, 1.82) is 0 Å². The second-order valence-corrected chi connectivity index (χ2v) is 7.61. The van der Waals surface area contributed by atoms with Gasteiger partial charge in [-0.1, -0.05) is 60.2 Å². The lowest BCUT2D eigenvalue weighted by Crippen LogP contribution is -2.45. The fourth-order valence-electron chi connectivity index (χ4n) is 2.77. The van der Waals surface area contributed by atoms with Gasteiger partial charge in [-0.05, 0) is 26.3 Å². The van der Waals surface area contributed by atoms with E-state index in [2.05, 4.69) is 5.32 Å². The molecule has 0 saturated carbocycles. The number of nitrogens with zero attached hydrogens (tertiary/aromatic N) is 2. The van der Waals surface area contributed by atoms with Crippen LogP contribution in [0.3, 0.4) is 0 Å². The Bertz CT molecular complexity index is 912. The van der Waals surface area contributed by atoms with Crippen LogP contribution < -0.4 is 11.1 Å². The van der Waals surface area contributed by atoms with Crippen molar-refractivity contribution in [1.82, 2.24) is 15.1 Å². The minimum atomic E-state index is -0.473. The molecule has 2 aromatic carbocycles. The molecule has 6 heteroatoms. The molecule has 1 heterocycles. The zero-order valence-electron chi connectivity index (χ0n) is 16.5. The highest BCUT2D eigenvalue weighted by molar-refractivity contribution is 5.99. The topological polar surface area (TPSA) is 72.9 Å². The van der Waals surface area contributed by atoms with Gasteiger partial charge in [0.1, 0.15) is 5.69 Å². The Morgan fingerprint density at radius 3 is 2.36 bits per heavy atom. The van der Waals surface area contributed by atoms with Crippen LogP contribution in [0.2, 0.25) is 0 Å². The van der Waals surface area contributed by atoms with Crippen LogP contribution in [0.1, 0.15) is 35.3 Å². The van der Waals surface area contributed by atoms with E-state index >= 15 is 0 Å². The number of benzene rings is 2. The molecule has 0 atom stereocenters. The van der Waals surface area contributed by atoms with Crippen molar-refractivity contribution in [3.05, 3.63) is 77.5 Å². The fraction of sp³-hybridized carbons (Fsp3) is 0.273. The van der Waals surface area contributed by atoms with Crippen molar-refractivity contribution >= 4 is 18.3 Å². The number of halogens is 1. The molecule has 3 N–H and O–H groups in total. The Balaban J connectivity index is 0.00000280. The summed E-state index contributed by atoms with van der Waals surface area (Å²) in [6.07, 6.45) is 1.81. The van der Waals surface area contributed by atoms with E-state index in [4.69, 9.17) is 10.8 Å². The Hall–Kier alpha value is -2.63. The molecular weight excluding hydrogens is 372 g/mol. The second-order valence-electron chi connectivity index (χ2n) is 7.61. The fourth-order valence-corrected chi connectivity index (χ4v) is 2.77. The number of carbonyl (C=O) groups excluding carboxylic acids is 1. The van der Waals surface area contributed by atoms with Gasteiger partial charge in [-0.25, -0.2) is 0 Å². The van der Waals surface area contributed by atoms with Gasteiger partial charge in [-0.3, -0.25) is 9.48 Å². The van der Waals surface area contributed by atoms with Gasteiger partial charge in [0.25, 0.3) is 5.91 Å². The van der Waals surface area contributed by atoms with Crippen molar-refractivity contribution in [3.63, 3.8) is 0 Å². The molecule has 0 bridgehead atoms. The number of aromatic nitrogens is 2. The first-order valence-corrected chi connectivity index (χ1v) is 9.07. The largest absolute Gasteiger partial charge is 0.350 e. The highest BCUT2D eigenvalue weighted by atomic mass is 35.5. The number of aryl methyl sites for hydroxylation is 1. The Kier molecular flexibility index (Phi) is 7.00. The highest BCUT2D eigenvalue weighted by Crippen LogP contribution is 2.23. The summed E-state index contributed by atoms with van der Waals surface area (Å²) in [7, 11) is 0. The van der Waals surface area contributed by atoms with Gasteiger partial charge in [0.15, 0.2) is 0 Å². The average molecular weight is 399 g/mol. The molecule has 3 rings (SSSR count). The predicted molar refractivity (Wildman–Crippen MR) is 116 cm³/mol. The summed E-state index contributed by atoms with van der Waals surface area (Å²) in [6, 6.07) is 18.1. The van der Waals surface area contributed by atoms with Crippen molar-refractivity contribution in [2.24, 2.45) is 5.73 Å². The Labute approximate surface area is 172 Å². The summed E-state index contributed by atoms with van der Waals surface area (Å²) in [4.78, 5) is 12.8. The maximum absolute atomic E-state index is 12.8. The number of hydrogen-bond donors (Lipinski definition) is 2. The Morgan fingerprint density at radius 2 is 1.75 bits per heavy atom. The molecular formula is C22H27ClN4O. The minimum Gasteiger partial charge on any atom is -0.350 e. The van der Waals surface area contributed by atoms with Crippen LogP contribution in [0.15, 0.2) is 60.8 Å². The molecule has 0 saturated heterocycles. The molecule has 28 heavy (non-hydrogen) atoms. The van der Waals surface area contributed by atoms with E-state index in [-0.39, 0.29) is 18.3 Å². The molecule has 5 nitrogen and oxygen atoms in total. The van der Waals surface area contributed by atoms with Crippen molar-refractivity contribution in [2.75, 3.05) is 6.54 Å². The van der Waals surface area contributed by atoms with E-state index in [0.717, 1.165) is 11.1 Å². The van der Waals surface area contributed by atoms with Gasteiger partial charge in [0, 0.05) is 23.8 Å². The number of carbonyl (C=O) groups is 1. The molecule has 0 radical (unpaired) electrons. The second kappa shape index (κ2) is 9.04. The van der Waals surface area contributed by atoms with Crippen molar-refractivity contribution < 1.29 is 4.79 Å². The van der Waals surface area contributed by atoms with Crippen LogP contribution in [0.4, 0.5) is 0 Å². The van der Waals surface area contributed by atoms with Crippen LogP contribution in [0.25, 0.3) is 11.3 Å². The van der Waals surface area contributed by atoms with Gasteiger partial charge in [0.05, 0.1) is 12.1 Å². The third-order valence-electron chi connectivity index (χ3n) is 4.22. The number of amides is 1. The smallest absolute Gasteiger partial charge is 0.255 e. The molecule has 1 aromatic heterocycles. The first kappa shape index (κ1) is 21.7. The molecule has 148 valence electrons. The molecule has 0 aliphatic rings. The number of nitrogens with two attached hydrogens (primary N) is 1. The van der Waals surface area contributed by atoms with Crippen LogP contribution in [0, 0.1) is 6.92 Å². The number of hydrogen-bond acceptors (Lipinski definition) is 3. The maximum atomic E-state index is 12.8. The summed E-state index contributed by atoms with van der Waals surface area (Å²) < 4.78 is 1.81. The summed E-state index contributed by atoms with van der Waals surface area (Å²) in [5.41, 5.74) is 9.98. The molecule has 0 unspecified atom stereocenters. The highest BCUT2D eigenvalue weighted by Gasteiger charge is 2.20. The molecule has 0 fully saturated rings. The SMILES string of the molecule is Cc1ccc(-c2nn(Cc3ccccc3)cc2C(=O)NCC(C)(C)N)cc1.Cl. The molecule has 0 spiro atoms.